The first-order chi connectivity index (χ1) is 19.2. The zero-order valence-corrected chi connectivity index (χ0v) is 23.3. The molecule has 4 aromatic rings. The van der Waals surface area contributed by atoms with E-state index in [-0.39, 0.29) is 30.0 Å². The highest BCUT2D eigenvalue weighted by Crippen LogP contribution is 2.58. The first-order valence-electron chi connectivity index (χ1n) is 13.2. The number of nitrogens with zero attached hydrogens (tertiary/aromatic N) is 6. The first kappa shape index (κ1) is 26.5. The molecule has 0 radical (unpaired) electrons. The average molecular weight is 565 g/mol. The molecule has 0 spiro atoms. The van der Waals surface area contributed by atoms with Crippen molar-refractivity contribution < 1.29 is 23.7 Å². The van der Waals surface area contributed by atoms with Gasteiger partial charge in [-0.3, -0.25) is 13.8 Å². The highest BCUT2D eigenvalue weighted by molar-refractivity contribution is 8.22. The van der Waals surface area contributed by atoms with Gasteiger partial charge < -0.3 is 9.84 Å². The molecule has 0 saturated heterocycles. The van der Waals surface area contributed by atoms with Gasteiger partial charge in [0, 0.05) is 31.6 Å². The molecule has 0 amide bonds. The summed E-state index contributed by atoms with van der Waals surface area (Å²) in [6.45, 7) is 4.60. The molecule has 3 N–H and O–H groups in total. The third-order valence-corrected chi connectivity index (χ3v) is 9.69. The van der Waals surface area contributed by atoms with Gasteiger partial charge in [-0.25, -0.2) is 9.48 Å². The number of hydrogen-bond donors (Lipinski definition) is 3. The summed E-state index contributed by atoms with van der Waals surface area (Å²) in [7, 11) is -1.51. The summed E-state index contributed by atoms with van der Waals surface area (Å²) < 4.78 is 34.0. The van der Waals surface area contributed by atoms with E-state index >= 15 is 0 Å². The fourth-order valence-electron chi connectivity index (χ4n) is 5.42. The first-order valence-corrected chi connectivity index (χ1v) is 14.7. The number of benzene rings is 2. The zero-order valence-electron chi connectivity index (χ0n) is 22.5. The summed E-state index contributed by atoms with van der Waals surface area (Å²) in [5.74, 6) is -0.511. The lowest BCUT2D eigenvalue weighted by atomic mass is 10.1. The van der Waals surface area contributed by atoms with Gasteiger partial charge in [-0.05, 0) is 55.2 Å². The molecule has 12 heteroatoms. The van der Waals surface area contributed by atoms with Crippen molar-refractivity contribution in [1.82, 2.24) is 29.1 Å². The monoisotopic (exact) mass is 564 g/mol. The second kappa shape index (κ2) is 10.0. The maximum Gasteiger partial charge on any atom is 0.339 e. The summed E-state index contributed by atoms with van der Waals surface area (Å²) in [4.78, 5) is 12.5. The Balaban J connectivity index is 1.35. The average Bonchev–Trinajstić information content (AvgIpc) is 3.41. The van der Waals surface area contributed by atoms with E-state index in [1.54, 1.807) is 31.9 Å². The lowest BCUT2D eigenvalue weighted by Crippen LogP contribution is -2.34. The zero-order chi connectivity index (χ0) is 28.2. The Morgan fingerprint density at radius 1 is 1.18 bits per heavy atom. The van der Waals surface area contributed by atoms with E-state index in [1.807, 2.05) is 51.4 Å². The highest BCUT2D eigenvalue weighted by Gasteiger charge is 2.46. The molecular weight excluding hydrogens is 532 g/mol. The van der Waals surface area contributed by atoms with Crippen LogP contribution in [0.3, 0.4) is 0 Å². The van der Waals surface area contributed by atoms with Gasteiger partial charge in [0.2, 0.25) is 0 Å². The van der Waals surface area contributed by atoms with E-state index in [4.69, 9.17) is 4.74 Å². The third kappa shape index (κ3) is 4.66. The number of rotatable bonds is 7. The van der Waals surface area contributed by atoms with Crippen LogP contribution < -0.4 is 4.74 Å². The van der Waals surface area contributed by atoms with Gasteiger partial charge in [0.1, 0.15) is 22.3 Å². The van der Waals surface area contributed by atoms with E-state index in [1.165, 1.54) is 6.20 Å². The molecule has 3 unspecified atom stereocenters. The molecule has 2 aliphatic rings. The van der Waals surface area contributed by atoms with Gasteiger partial charge in [-0.1, -0.05) is 30.3 Å². The van der Waals surface area contributed by atoms with Gasteiger partial charge in [0.25, 0.3) is 0 Å². The molecule has 2 aromatic heterocycles. The summed E-state index contributed by atoms with van der Waals surface area (Å²) in [5, 5.41) is 22.7. The van der Waals surface area contributed by atoms with Crippen LogP contribution in [0.15, 0.2) is 59.8 Å². The van der Waals surface area contributed by atoms with Crippen LogP contribution in [0.25, 0.3) is 5.69 Å². The Kier molecular flexibility index (Phi) is 6.65. The Labute approximate surface area is 233 Å². The van der Waals surface area contributed by atoms with E-state index in [0.717, 1.165) is 23.2 Å². The number of carboxylic acids is 1. The normalized spacial score (nSPS) is 22.7. The maximum absolute atomic E-state index is 12.1. The fraction of sp³-hybridized carbons (Fsp3) is 0.357. The van der Waals surface area contributed by atoms with Gasteiger partial charge in [-0.15, -0.1) is 15.9 Å². The summed E-state index contributed by atoms with van der Waals surface area (Å²) in [6.07, 6.45) is 4.52. The topological polar surface area (TPSA) is 139 Å². The molecule has 6 rings (SSSR count). The maximum atomic E-state index is 12.1. The Hall–Kier alpha value is -3.71. The Bertz CT molecular complexity index is 1580. The molecule has 3 heterocycles. The Morgan fingerprint density at radius 3 is 2.70 bits per heavy atom. The van der Waals surface area contributed by atoms with E-state index in [2.05, 4.69) is 15.4 Å². The van der Waals surface area contributed by atoms with Crippen LogP contribution in [-0.2, 0) is 13.6 Å². The van der Waals surface area contributed by atoms with Crippen molar-refractivity contribution in [3.63, 3.8) is 0 Å². The van der Waals surface area contributed by atoms with Crippen LogP contribution in [0.1, 0.15) is 64.5 Å². The number of carboxylic acid groups (broad SMARTS) is 1. The Morgan fingerprint density at radius 2 is 1.98 bits per heavy atom. The summed E-state index contributed by atoms with van der Waals surface area (Å²) >= 11 is 0. The van der Waals surface area contributed by atoms with E-state index in [0.29, 0.717) is 35.0 Å². The number of aromatic carboxylic acids is 1. The predicted octanol–water partition coefficient (Wildman–Crippen LogP) is 4.98. The quantitative estimate of drug-likeness (QED) is 0.284. The summed E-state index contributed by atoms with van der Waals surface area (Å²) in [5.41, 5.74) is 4.20. The van der Waals surface area contributed by atoms with Crippen molar-refractivity contribution in [2.24, 2.45) is 7.05 Å². The van der Waals surface area contributed by atoms with Gasteiger partial charge in [0.15, 0.2) is 0 Å². The van der Waals surface area contributed by atoms with Gasteiger partial charge in [0.05, 0.1) is 29.8 Å². The molecule has 1 aliphatic heterocycles. The van der Waals surface area contributed by atoms with Crippen molar-refractivity contribution in [2.45, 2.75) is 56.1 Å². The molecule has 1 aliphatic carbocycles. The number of fused-ring (bicyclic) bond motifs is 1. The second-order valence-corrected chi connectivity index (χ2v) is 12.5. The molecule has 3 atom stereocenters. The standard InChI is InChI=1S/C28H32N6O5S/c1-4-20-15-33(40(37,38)26-8-6-5-7-25(26)39-20)14-18-11-19(10-9-17(18)2)34-27(23(13-29-34)28(35)36)22-12-21(22)24-16-32(3)31-30-24/h5-11,13,16,20-22,37-38H,4,12,14-15H2,1-3H3,(H,35,36). The predicted molar refractivity (Wildman–Crippen MR) is 149 cm³/mol. The minimum absolute atomic E-state index is 0.0494. The van der Waals surface area contributed by atoms with Crippen molar-refractivity contribution >= 4 is 16.7 Å². The van der Waals surface area contributed by atoms with Crippen LogP contribution in [0.2, 0.25) is 0 Å². The SMILES string of the molecule is CCC1CN(Cc2cc(-n3ncc(C(=O)O)c3C3CC3c3cn(C)nn3)ccc2C)S(O)(O)c2ccccc2O1. The summed E-state index contributed by atoms with van der Waals surface area (Å²) in [6, 6.07) is 12.9. The highest BCUT2D eigenvalue weighted by atomic mass is 32.3. The molecule has 0 bridgehead atoms. The molecule has 1 saturated carbocycles. The number of aromatic nitrogens is 5. The second-order valence-electron chi connectivity index (χ2n) is 10.5. The van der Waals surface area contributed by atoms with Crippen molar-refractivity contribution in [3.05, 3.63) is 82.9 Å². The molecule has 11 nitrogen and oxygen atoms in total. The van der Waals surface area contributed by atoms with Crippen LogP contribution >= 0.6 is 10.8 Å². The van der Waals surface area contributed by atoms with E-state index in [9.17, 15) is 19.0 Å². The van der Waals surface area contributed by atoms with E-state index < -0.39 is 16.7 Å². The fourth-order valence-corrected chi connectivity index (χ4v) is 7.04. The number of ether oxygens (including phenoxy) is 1. The molecule has 2 aromatic carbocycles. The van der Waals surface area contributed by atoms with Gasteiger partial charge in [-0.2, -0.15) is 9.40 Å². The number of carbonyl (C=O) groups is 1. The molecule has 40 heavy (non-hydrogen) atoms. The molecule has 1 fully saturated rings. The minimum atomic E-state index is -3.32. The minimum Gasteiger partial charge on any atom is -0.487 e. The largest absolute Gasteiger partial charge is 0.487 e. The third-order valence-electron chi connectivity index (χ3n) is 7.76. The molecule has 210 valence electrons. The smallest absolute Gasteiger partial charge is 0.339 e. The van der Waals surface area contributed by atoms with Crippen molar-refractivity contribution in [3.8, 4) is 11.4 Å². The van der Waals surface area contributed by atoms with Gasteiger partial charge >= 0.3 is 5.97 Å². The number of hydrogen-bond acceptors (Lipinski definition) is 8. The number of para-hydroxylation sites is 1. The lowest BCUT2D eigenvalue weighted by Gasteiger charge is -2.42. The van der Waals surface area contributed by atoms with Crippen LogP contribution in [-0.4, -0.2) is 61.9 Å². The van der Waals surface area contributed by atoms with Crippen LogP contribution in [0, 0.1) is 6.92 Å². The lowest BCUT2D eigenvalue weighted by molar-refractivity contribution is 0.0695. The molecular formula is C28H32N6O5S. The van der Waals surface area contributed by atoms with Crippen molar-refractivity contribution in [2.75, 3.05) is 6.54 Å². The van der Waals surface area contributed by atoms with Crippen LogP contribution in [0.4, 0.5) is 0 Å². The number of aryl methyl sites for hydroxylation is 2. The van der Waals surface area contributed by atoms with Crippen LogP contribution in [0.5, 0.6) is 5.75 Å². The van der Waals surface area contributed by atoms with Crippen molar-refractivity contribution in [1.29, 1.82) is 0 Å².